The van der Waals surface area contributed by atoms with Crippen molar-refractivity contribution in [2.45, 2.75) is 51.8 Å². The molecule has 112 valence electrons. The maximum absolute atomic E-state index is 12.1. The van der Waals surface area contributed by atoms with E-state index in [0.29, 0.717) is 6.42 Å². The summed E-state index contributed by atoms with van der Waals surface area (Å²) in [5.74, 6) is 0. The van der Waals surface area contributed by atoms with Gasteiger partial charge in [-0.2, -0.15) is 0 Å². The van der Waals surface area contributed by atoms with E-state index in [9.17, 15) is 9.90 Å². The van der Waals surface area contributed by atoms with Crippen molar-refractivity contribution >= 4 is 18.8 Å². The Morgan fingerprint density at radius 1 is 1.45 bits per heavy atom. The molecule has 0 spiro atoms. The van der Waals surface area contributed by atoms with Crippen molar-refractivity contribution in [3.63, 3.8) is 0 Å². The Hall–Kier alpha value is -1.27. The van der Waals surface area contributed by atoms with E-state index in [1.807, 2.05) is 32.9 Å². The summed E-state index contributed by atoms with van der Waals surface area (Å²) in [4.78, 5) is 17.7. The normalized spacial score (nSPS) is 14.5. The first kappa shape index (κ1) is 16.8. The van der Waals surface area contributed by atoms with Crippen LogP contribution in [-0.4, -0.2) is 38.7 Å². The quantitative estimate of drug-likeness (QED) is 0.745. The number of amides is 2. The lowest BCUT2D eigenvalue weighted by molar-refractivity contribution is 0.0361. The van der Waals surface area contributed by atoms with E-state index in [4.69, 9.17) is 0 Å². The monoisotopic (exact) mass is 297 g/mol. The number of hydrogen-bond donors (Lipinski definition) is 3. The lowest BCUT2D eigenvalue weighted by Crippen LogP contribution is -2.58. The zero-order chi connectivity index (χ0) is 15.3. The fourth-order valence-electron chi connectivity index (χ4n) is 2.24. The van der Waals surface area contributed by atoms with Gasteiger partial charge >= 0.3 is 6.03 Å². The van der Waals surface area contributed by atoms with E-state index in [0.717, 1.165) is 5.56 Å². The minimum absolute atomic E-state index is 0.319. The van der Waals surface area contributed by atoms with Gasteiger partial charge in [-0.1, -0.05) is 12.8 Å². The van der Waals surface area contributed by atoms with Crippen molar-refractivity contribution in [1.29, 1.82) is 0 Å². The number of thiol groups is 1. The number of pyridine rings is 1. The van der Waals surface area contributed by atoms with Gasteiger partial charge in [0.2, 0.25) is 0 Å². The molecule has 0 unspecified atom stereocenters. The molecule has 5 nitrogen and oxygen atoms in total. The number of carbonyl (C=O) groups is 1. The summed E-state index contributed by atoms with van der Waals surface area (Å²) in [7, 11) is 0. The molecule has 2 atom stereocenters. The van der Waals surface area contributed by atoms with Crippen LogP contribution >= 0.6 is 12.8 Å². The topological polar surface area (TPSA) is 65.5 Å². The van der Waals surface area contributed by atoms with E-state index in [1.165, 1.54) is 0 Å². The zero-order valence-corrected chi connectivity index (χ0v) is 13.3. The van der Waals surface area contributed by atoms with E-state index < -0.39 is 11.6 Å². The third-order valence-electron chi connectivity index (χ3n) is 3.12. The highest BCUT2D eigenvalue weighted by Crippen LogP contribution is 2.22. The van der Waals surface area contributed by atoms with Crippen LogP contribution in [0.5, 0.6) is 0 Å². The molecule has 0 saturated carbocycles. The molecule has 0 aliphatic carbocycles. The predicted molar refractivity (Wildman–Crippen MR) is 82.5 cm³/mol. The van der Waals surface area contributed by atoms with E-state index in [1.54, 1.807) is 24.2 Å². The van der Waals surface area contributed by atoms with Crippen molar-refractivity contribution < 1.29 is 9.90 Å². The fourth-order valence-corrected chi connectivity index (χ4v) is 2.35. The molecule has 2 amide bonds. The van der Waals surface area contributed by atoms with Crippen LogP contribution in [0.2, 0.25) is 0 Å². The van der Waals surface area contributed by atoms with Crippen LogP contribution < -0.4 is 4.72 Å². The largest absolute Gasteiger partial charge is 0.391 e. The molecule has 0 fully saturated rings. The number of nitrogens with one attached hydrogen (secondary N) is 1. The van der Waals surface area contributed by atoms with Gasteiger partial charge in [0.1, 0.15) is 0 Å². The highest BCUT2D eigenvalue weighted by Gasteiger charge is 2.35. The molecule has 1 rings (SSSR count). The van der Waals surface area contributed by atoms with Crippen LogP contribution in [0.3, 0.4) is 0 Å². The third-order valence-corrected chi connectivity index (χ3v) is 3.31. The predicted octanol–water partition coefficient (Wildman–Crippen LogP) is 2.03. The van der Waals surface area contributed by atoms with Crippen LogP contribution in [0.1, 0.15) is 33.3 Å². The summed E-state index contributed by atoms with van der Waals surface area (Å²) in [6.45, 7) is 7.48. The smallest absolute Gasteiger partial charge is 0.327 e. The van der Waals surface area contributed by atoms with Crippen molar-refractivity contribution in [2.75, 3.05) is 0 Å². The number of hydrogen-bond acceptors (Lipinski definition) is 4. The summed E-state index contributed by atoms with van der Waals surface area (Å²) in [5.41, 5.74) is 0.591. The lowest BCUT2D eigenvalue weighted by Gasteiger charge is -2.42. The molecule has 0 aliphatic heterocycles. The first-order valence-electron chi connectivity index (χ1n) is 6.57. The minimum Gasteiger partial charge on any atom is -0.391 e. The number of aliphatic hydroxyl groups is 1. The zero-order valence-electron chi connectivity index (χ0n) is 12.4. The van der Waals surface area contributed by atoms with Gasteiger partial charge in [0.05, 0.1) is 12.1 Å². The standard InChI is InChI=1S/C14H23N3O2S/c1-10(18)12(9-11-5-7-15-8-6-11)17(13(19)16-20)14(2,3)4/h5-8,10,12,18,20H,9H2,1-4H3,(H,16,19)/t10-,12+/m0/s1. The molecule has 1 heterocycles. The SMILES string of the molecule is C[C@H](O)[C@@H](Cc1ccncc1)N(C(=O)NS)C(C)(C)C. The van der Waals surface area contributed by atoms with Crippen molar-refractivity contribution in [1.82, 2.24) is 14.6 Å². The molecule has 6 heteroatoms. The maximum atomic E-state index is 12.1. The second-order valence-electron chi connectivity index (χ2n) is 5.83. The Kier molecular flexibility index (Phi) is 5.83. The Morgan fingerprint density at radius 3 is 2.40 bits per heavy atom. The fraction of sp³-hybridized carbons (Fsp3) is 0.571. The summed E-state index contributed by atoms with van der Waals surface area (Å²) in [6, 6.07) is 3.11. The van der Waals surface area contributed by atoms with Crippen LogP contribution in [0.15, 0.2) is 24.5 Å². The van der Waals surface area contributed by atoms with Crippen LogP contribution in [0.4, 0.5) is 4.79 Å². The van der Waals surface area contributed by atoms with Gasteiger partial charge in [0.25, 0.3) is 0 Å². The Bertz CT molecular complexity index is 432. The summed E-state index contributed by atoms with van der Waals surface area (Å²) in [6.07, 6.45) is 3.30. The van der Waals surface area contributed by atoms with Crippen LogP contribution in [0, 0.1) is 0 Å². The molecule has 1 aromatic rings. The van der Waals surface area contributed by atoms with Gasteiger partial charge in [0.15, 0.2) is 0 Å². The molecule has 0 saturated heterocycles. The highest BCUT2D eigenvalue weighted by atomic mass is 32.1. The van der Waals surface area contributed by atoms with Crippen LogP contribution in [-0.2, 0) is 6.42 Å². The number of nitrogens with zero attached hydrogens (tertiary/aromatic N) is 2. The number of aromatic nitrogens is 1. The van der Waals surface area contributed by atoms with E-state index in [-0.39, 0.29) is 12.1 Å². The Balaban J connectivity index is 3.06. The average molecular weight is 297 g/mol. The molecule has 0 bridgehead atoms. The van der Waals surface area contributed by atoms with Gasteiger partial charge in [0, 0.05) is 17.9 Å². The minimum atomic E-state index is -0.659. The number of carbonyl (C=O) groups excluding carboxylic acids is 1. The third kappa shape index (κ3) is 4.38. The molecule has 0 aromatic carbocycles. The van der Waals surface area contributed by atoms with Gasteiger partial charge < -0.3 is 10.0 Å². The summed E-state index contributed by atoms with van der Waals surface area (Å²) in [5, 5.41) is 10.1. The van der Waals surface area contributed by atoms with Crippen molar-refractivity contribution in [3.05, 3.63) is 30.1 Å². The molecule has 2 N–H and O–H groups in total. The Labute approximate surface area is 125 Å². The van der Waals surface area contributed by atoms with Gasteiger partial charge in [-0.25, -0.2) is 4.79 Å². The van der Waals surface area contributed by atoms with Crippen LogP contribution in [0.25, 0.3) is 0 Å². The molecule has 0 radical (unpaired) electrons. The highest BCUT2D eigenvalue weighted by molar-refractivity contribution is 7.78. The number of rotatable bonds is 4. The first-order valence-corrected chi connectivity index (χ1v) is 7.02. The second kappa shape index (κ2) is 6.95. The molecule has 1 aromatic heterocycles. The van der Waals surface area contributed by atoms with Crippen molar-refractivity contribution in [3.8, 4) is 0 Å². The van der Waals surface area contributed by atoms with Gasteiger partial charge in [-0.05, 0) is 51.8 Å². The Morgan fingerprint density at radius 2 is 2.00 bits per heavy atom. The second-order valence-corrected chi connectivity index (χ2v) is 6.05. The van der Waals surface area contributed by atoms with Gasteiger partial charge in [-0.3, -0.25) is 9.71 Å². The summed E-state index contributed by atoms with van der Waals surface area (Å²) < 4.78 is 2.35. The molecule has 0 aliphatic rings. The first-order chi connectivity index (χ1) is 9.27. The van der Waals surface area contributed by atoms with E-state index >= 15 is 0 Å². The molecular formula is C14H23N3O2S. The van der Waals surface area contributed by atoms with Gasteiger partial charge in [-0.15, -0.1) is 0 Å². The lowest BCUT2D eigenvalue weighted by atomic mass is 9.96. The molecular weight excluding hydrogens is 274 g/mol. The van der Waals surface area contributed by atoms with E-state index in [2.05, 4.69) is 22.5 Å². The average Bonchev–Trinajstić information content (AvgIpc) is 2.37. The molecule has 20 heavy (non-hydrogen) atoms. The maximum Gasteiger partial charge on any atom is 0.327 e. The number of urea groups is 1. The number of aliphatic hydroxyl groups excluding tert-OH is 1. The summed E-state index contributed by atoms with van der Waals surface area (Å²) >= 11 is 3.84. The van der Waals surface area contributed by atoms with Crippen molar-refractivity contribution in [2.24, 2.45) is 0 Å².